The summed E-state index contributed by atoms with van der Waals surface area (Å²) >= 11 is 0. The Bertz CT molecular complexity index is 754. The Morgan fingerprint density at radius 3 is 3.20 bits per heavy atom. The van der Waals surface area contributed by atoms with E-state index in [4.69, 9.17) is 4.74 Å². The van der Waals surface area contributed by atoms with Crippen LogP contribution in [0.5, 0.6) is 11.5 Å². The fourth-order valence-corrected chi connectivity index (χ4v) is 5.65. The van der Waals surface area contributed by atoms with Crippen molar-refractivity contribution in [3.8, 4) is 11.5 Å². The SMILES string of the molecule is O=C1C=C[C@@]23[C@H]4Cc5ccc(O)c6c5[C@@]2(CCN43)[C@H]1O6. The van der Waals surface area contributed by atoms with Gasteiger partial charge in [0.2, 0.25) is 0 Å². The summed E-state index contributed by atoms with van der Waals surface area (Å²) in [5, 5.41) is 10.2. The number of phenols is 1. The predicted octanol–water partition coefficient (Wildman–Crippen LogP) is 0.913. The number of carbonyl (C=O) groups excluding carboxylic acids is 1. The molecule has 1 aromatic rings. The lowest BCUT2D eigenvalue weighted by Crippen LogP contribution is -2.56. The van der Waals surface area contributed by atoms with E-state index in [1.807, 2.05) is 6.07 Å². The number of rotatable bonds is 0. The Kier molecular flexibility index (Phi) is 1.27. The monoisotopic (exact) mass is 267 g/mol. The molecule has 100 valence electrons. The van der Waals surface area contributed by atoms with Crippen LogP contribution < -0.4 is 4.74 Å². The van der Waals surface area contributed by atoms with Crippen molar-refractivity contribution in [1.82, 2.24) is 4.90 Å². The third-order valence-electron chi connectivity index (χ3n) is 6.28. The minimum atomic E-state index is -0.440. The molecule has 6 rings (SSSR count). The quantitative estimate of drug-likeness (QED) is 0.710. The van der Waals surface area contributed by atoms with E-state index in [2.05, 4.69) is 11.0 Å². The molecule has 0 saturated carbocycles. The van der Waals surface area contributed by atoms with Crippen LogP contribution in [0, 0.1) is 0 Å². The van der Waals surface area contributed by atoms with Crippen LogP contribution in [-0.2, 0) is 16.6 Å². The number of carbonyl (C=O) groups is 1. The molecule has 1 N–H and O–H groups in total. The van der Waals surface area contributed by atoms with Gasteiger partial charge < -0.3 is 9.84 Å². The lowest BCUT2D eigenvalue weighted by atomic mass is 9.57. The Morgan fingerprint density at radius 1 is 1.40 bits per heavy atom. The number of ether oxygens (including phenoxy) is 1. The van der Waals surface area contributed by atoms with Crippen molar-refractivity contribution in [3.05, 3.63) is 35.4 Å². The van der Waals surface area contributed by atoms with Gasteiger partial charge in [-0.15, -0.1) is 0 Å². The van der Waals surface area contributed by atoms with Crippen LogP contribution in [0.3, 0.4) is 0 Å². The Balaban J connectivity index is 1.79. The second-order valence-corrected chi connectivity index (χ2v) is 6.64. The molecular formula is C16H13NO3. The molecule has 5 atom stereocenters. The molecule has 0 aromatic heterocycles. The fraction of sp³-hybridized carbons (Fsp3) is 0.438. The number of hydrogen-bond donors (Lipinski definition) is 1. The molecule has 0 amide bonds. The maximum absolute atomic E-state index is 12.4. The van der Waals surface area contributed by atoms with Crippen LogP contribution in [0.4, 0.5) is 0 Å². The summed E-state index contributed by atoms with van der Waals surface area (Å²) in [5.41, 5.74) is 2.12. The number of nitrogens with zero attached hydrogens (tertiary/aromatic N) is 1. The van der Waals surface area contributed by atoms with Gasteiger partial charge in [0, 0.05) is 18.2 Å². The molecule has 3 aliphatic heterocycles. The summed E-state index contributed by atoms with van der Waals surface area (Å²) < 4.78 is 5.98. The summed E-state index contributed by atoms with van der Waals surface area (Å²) in [6.45, 7) is 1.02. The van der Waals surface area contributed by atoms with E-state index in [1.165, 1.54) is 5.56 Å². The zero-order valence-corrected chi connectivity index (χ0v) is 10.8. The highest BCUT2D eigenvalue weighted by Crippen LogP contribution is 2.73. The predicted molar refractivity (Wildman–Crippen MR) is 69.9 cm³/mol. The van der Waals surface area contributed by atoms with Gasteiger partial charge >= 0.3 is 0 Å². The average Bonchev–Trinajstić information content (AvgIpc) is 2.78. The van der Waals surface area contributed by atoms with Gasteiger partial charge in [0.15, 0.2) is 23.4 Å². The zero-order valence-electron chi connectivity index (χ0n) is 10.8. The molecule has 0 radical (unpaired) electrons. The van der Waals surface area contributed by atoms with E-state index >= 15 is 0 Å². The third kappa shape index (κ3) is 0.679. The van der Waals surface area contributed by atoms with Gasteiger partial charge in [-0.2, -0.15) is 0 Å². The third-order valence-corrected chi connectivity index (χ3v) is 6.28. The second-order valence-electron chi connectivity index (χ2n) is 6.64. The summed E-state index contributed by atoms with van der Waals surface area (Å²) in [5.74, 6) is 0.788. The average molecular weight is 267 g/mol. The van der Waals surface area contributed by atoms with E-state index in [-0.39, 0.29) is 22.5 Å². The van der Waals surface area contributed by atoms with Gasteiger partial charge in [-0.25, -0.2) is 0 Å². The van der Waals surface area contributed by atoms with Crippen molar-refractivity contribution in [1.29, 1.82) is 0 Å². The molecule has 0 bridgehead atoms. The highest BCUT2D eigenvalue weighted by molar-refractivity contribution is 5.99. The zero-order chi connectivity index (χ0) is 13.3. The first-order valence-electron chi connectivity index (χ1n) is 7.22. The normalized spacial score (nSPS) is 47.8. The number of hydrogen-bond acceptors (Lipinski definition) is 4. The molecule has 4 nitrogen and oxygen atoms in total. The van der Waals surface area contributed by atoms with Crippen LogP contribution in [0.25, 0.3) is 0 Å². The van der Waals surface area contributed by atoms with Crippen molar-refractivity contribution < 1.29 is 14.6 Å². The number of aromatic hydroxyl groups is 1. The fourth-order valence-electron chi connectivity index (χ4n) is 5.65. The first-order valence-corrected chi connectivity index (χ1v) is 7.22. The molecule has 2 spiro atoms. The van der Waals surface area contributed by atoms with Gasteiger partial charge in [-0.3, -0.25) is 9.69 Å². The first kappa shape index (κ1) is 10.00. The van der Waals surface area contributed by atoms with Gasteiger partial charge in [0.05, 0.1) is 11.0 Å². The van der Waals surface area contributed by atoms with Crippen molar-refractivity contribution in [2.45, 2.75) is 35.9 Å². The molecule has 2 saturated heterocycles. The van der Waals surface area contributed by atoms with Crippen molar-refractivity contribution in [2.75, 3.05) is 6.54 Å². The molecule has 3 heterocycles. The van der Waals surface area contributed by atoms with E-state index in [0.29, 0.717) is 11.8 Å². The highest BCUT2D eigenvalue weighted by Gasteiger charge is 2.83. The number of ketones is 1. The second kappa shape index (κ2) is 2.53. The Morgan fingerprint density at radius 2 is 2.30 bits per heavy atom. The maximum atomic E-state index is 12.4. The van der Waals surface area contributed by atoms with Gasteiger partial charge in [-0.05, 0) is 30.5 Å². The smallest absolute Gasteiger partial charge is 0.196 e. The highest BCUT2D eigenvalue weighted by atomic mass is 16.5. The molecule has 1 unspecified atom stereocenters. The molecule has 5 aliphatic rings. The lowest BCUT2D eigenvalue weighted by molar-refractivity contribution is -0.124. The maximum Gasteiger partial charge on any atom is 0.196 e. The van der Waals surface area contributed by atoms with Crippen LogP contribution in [0.2, 0.25) is 0 Å². The standard InChI is InChI=1S/C16H13NO3/c18-9-2-1-8-7-11-16-4-3-10(19)14-15(16,5-6-17(11)16)12(8)13(9)20-14/h1-4,11,14,18H,5-7H2/t11-,14+,15+,16-,17?/m1/s1. The molecule has 20 heavy (non-hydrogen) atoms. The largest absolute Gasteiger partial charge is 0.504 e. The molecule has 4 heteroatoms. The molecular weight excluding hydrogens is 254 g/mol. The number of phenolic OH excluding ortho intramolecular Hbond substituents is 1. The minimum absolute atomic E-state index is 0.0163. The van der Waals surface area contributed by atoms with Gasteiger partial charge in [0.25, 0.3) is 0 Å². The summed E-state index contributed by atoms with van der Waals surface area (Å²) in [4.78, 5) is 14.9. The number of piperidine rings is 1. The minimum Gasteiger partial charge on any atom is -0.504 e. The Hall–Kier alpha value is -1.81. The van der Waals surface area contributed by atoms with Crippen LogP contribution >= 0.6 is 0 Å². The van der Waals surface area contributed by atoms with Crippen LogP contribution in [-0.4, -0.2) is 40.0 Å². The van der Waals surface area contributed by atoms with Gasteiger partial charge in [0.1, 0.15) is 0 Å². The number of benzene rings is 1. The first-order chi connectivity index (χ1) is 9.70. The Labute approximate surface area is 115 Å². The van der Waals surface area contributed by atoms with E-state index < -0.39 is 6.10 Å². The molecule has 2 fully saturated rings. The number of fused-ring (bicyclic) bond motifs is 1. The van der Waals surface area contributed by atoms with Crippen molar-refractivity contribution >= 4 is 5.78 Å². The van der Waals surface area contributed by atoms with E-state index in [9.17, 15) is 9.90 Å². The van der Waals surface area contributed by atoms with E-state index in [0.717, 1.165) is 24.9 Å². The van der Waals surface area contributed by atoms with Crippen LogP contribution in [0.1, 0.15) is 17.5 Å². The van der Waals surface area contributed by atoms with Crippen molar-refractivity contribution in [3.63, 3.8) is 0 Å². The molecule has 2 aliphatic carbocycles. The molecule has 1 aromatic carbocycles. The van der Waals surface area contributed by atoms with E-state index in [1.54, 1.807) is 12.1 Å². The lowest BCUT2D eigenvalue weighted by Gasteiger charge is -2.41. The topological polar surface area (TPSA) is 49.5 Å². The van der Waals surface area contributed by atoms with Crippen LogP contribution in [0.15, 0.2) is 24.3 Å². The summed E-state index contributed by atoms with van der Waals surface area (Å²) in [6, 6.07) is 4.23. The summed E-state index contributed by atoms with van der Waals surface area (Å²) in [7, 11) is 0. The summed E-state index contributed by atoms with van der Waals surface area (Å²) in [6.07, 6.45) is 5.33. The van der Waals surface area contributed by atoms with Crippen molar-refractivity contribution in [2.24, 2.45) is 0 Å². The van der Waals surface area contributed by atoms with Gasteiger partial charge in [-0.1, -0.05) is 12.1 Å².